The standard InChI is InChI=1S/C28H26O5/c1-3-29-21-9-5-11-23(17-21)31-25-13-7-15-27(19-25)33-28-16-8-14-26(20-28)32-24-12-6-10-22(18-24)30-4-2/h5-20H,3-4H2,1-2H3. The van der Waals surface area contributed by atoms with Gasteiger partial charge in [0.1, 0.15) is 46.0 Å². The third-order valence-electron chi connectivity index (χ3n) is 4.55. The average molecular weight is 443 g/mol. The van der Waals surface area contributed by atoms with E-state index in [-0.39, 0.29) is 0 Å². The summed E-state index contributed by atoms with van der Waals surface area (Å²) in [5, 5.41) is 0. The number of hydrogen-bond acceptors (Lipinski definition) is 5. The Morgan fingerprint density at radius 3 is 0.909 bits per heavy atom. The highest BCUT2D eigenvalue weighted by atomic mass is 16.5. The van der Waals surface area contributed by atoms with Crippen LogP contribution in [-0.2, 0) is 0 Å². The molecule has 0 radical (unpaired) electrons. The molecule has 0 aromatic heterocycles. The summed E-state index contributed by atoms with van der Waals surface area (Å²) in [4.78, 5) is 0. The first-order valence-electron chi connectivity index (χ1n) is 10.9. The van der Waals surface area contributed by atoms with Gasteiger partial charge in [-0.15, -0.1) is 0 Å². The molecule has 0 bridgehead atoms. The fourth-order valence-electron chi connectivity index (χ4n) is 3.20. The van der Waals surface area contributed by atoms with Crippen LogP contribution in [0.15, 0.2) is 97.1 Å². The van der Waals surface area contributed by atoms with Crippen molar-refractivity contribution in [3.63, 3.8) is 0 Å². The van der Waals surface area contributed by atoms with Crippen LogP contribution in [0.2, 0.25) is 0 Å². The zero-order valence-corrected chi connectivity index (χ0v) is 18.7. The van der Waals surface area contributed by atoms with E-state index in [2.05, 4.69) is 0 Å². The number of rotatable bonds is 10. The molecule has 5 nitrogen and oxygen atoms in total. The van der Waals surface area contributed by atoms with Gasteiger partial charge in [-0.05, 0) is 62.4 Å². The molecule has 4 rings (SSSR count). The Balaban J connectivity index is 1.44. The van der Waals surface area contributed by atoms with Crippen molar-refractivity contribution in [1.82, 2.24) is 0 Å². The van der Waals surface area contributed by atoms with Crippen LogP contribution in [0.25, 0.3) is 0 Å². The SMILES string of the molecule is CCOc1cccc(Oc2cccc(Oc3cccc(Oc4cccc(OCC)c4)c3)c2)c1. The molecular formula is C28H26O5. The molecule has 0 atom stereocenters. The molecule has 0 N–H and O–H groups in total. The average Bonchev–Trinajstić information content (AvgIpc) is 2.81. The summed E-state index contributed by atoms with van der Waals surface area (Å²) >= 11 is 0. The lowest BCUT2D eigenvalue weighted by Crippen LogP contribution is -1.92. The van der Waals surface area contributed by atoms with Crippen molar-refractivity contribution in [2.24, 2.45) is 0 Å². The van der Waals surface area contributed by atoms with Crippen LogP contribution < -0.4 is 23.7 Å². The Kier molecular flexibility index (Phi) is 7.33. The quantitative estimate of drug-likeness (QED) is 0.250. The van der Waals surface area contributed by atoms with Crippen LogP contribution in [0, 0.1) is 0 Å². The van der Waals surface area contributed by atoms with E-state index >= 15 is 0 Å². The summed E-state index contributed by atoms with van der Waals surface area (Å²) in [6.45, 7) is 5.11. The van der Waals surface area contributed by atoms with Gasteiger partial charge in [-0.3, -0.25) is 0 Å². The molecule has 0 saturated heterocycles. The molecule has 33 heavy (non-hydrogen) atoms. The maximum absolute atomic E-state index is 6.05. The van der Waals surface area contributed by atoms with Crippen molar-refractivity contribution < 1.29 is 23.7 Å². The second-order valence-corrected chi connectivity index (χ2v) is 7.07. The maximum atomic E-state index is 6.05. The zero-order valence-electron chi connectivity index (χ0n) is 18.7. The first-order valence-corrected chi connectivity index (χ1v) is 10.9. The molecule has 0 saturated carbocycles. The summed E-state index contributed by atoms with van der Waals surface area (Å²) in [7, 11) is 0. The first-order chi connectivity index (χ1) is 16.2. The fraction of sp³-hybridized carbons (Fsp3) is 0.143. The van der Waals surface area contributed by atoms with Gasteiger partial charge in [0.05, 0.1) is 13.2 Å². The van der Waals surface area contributed by atoms with E-state index in [1.54, 1.807) is 0 Å². The van der Waals surface area contributed by atoms with Gasteiger partial charge in [-0.25, -0.2) is 0 Å². The van der Waals surface area contributed by atoms with Crippen molar-refractivity contribution in [3.8, 4) is 46.0 Å². The Labute approximate surface area is 194 Å². The van der Waals surface area contributed by atoms with E-state index in [0.717, 1.165) is 11.5 Å². The Morgan fingerprint density at radius 2 is 0.636 bits per heavy atom. The molecule has 4 aromatic rings. The summed E-state index contributed by atoms with van der Waals surface area (Å²) in [6, 6.07) is 30.1. The molecule has 0 aliphatic heterocycles. The van der Waals surface area contributed by atoms with Crippen molar-refractivity contribution in [1.29, 1.82) is 0 Å². The highest BCUT2D eigenvalue weighted by Gasteiger charge is 2.05. The van der Waals surface area contributed by atoms with Crippen molar-refractivity contribution in [2.45, 2.75) is 13.8 Å². The predicted molar refractivity (Wildman–Crippen MR) is 128 cm³/mol. The van der Waals surface area contributed by atoms with Crippen LogP contribution in [-0.4, -0.2) is 13.2 Å². The fourth-order valence-corrected chi connectivity index (χ4v) is 3.20. The van der Waals surface area contributed by atoms with Crippen LogP contribution >= 0.6 is 0 Å². The highest BCUT2D eigenvalue weighted by molar-refractivity contribution is 5.43. The maximum Gasteiger partial charge on any atom is 0.131 e. The third kappa shape index (κ3) is 6.43. The second kappa shape index (κ2) is 11.0. The van der Waals surface area contributed by atoms with Crippen molar-refractivity contribution >= 4 is 0 Å². The highest BCUT2D eigenvalue weighted by Crippen LogP contribution is 2.32. The lowest BCUT2D eigenvalue weighted by Gasteiger charge is -2.12. The minimum absolute atomic E-state index is 0.605. The van der Waals surface area contributed by atoms with Crippen LogP contribution in [0.4, 0.5) is 0 Å². The van der Waals surface area contributed by atoms with E-state index in [0.29, 0.717) is 47.7 Å². The zero-order chi connectivity index (χ0) is 22.9. The van der Waals surface area contributed by atoms with Gasteiger partial charge in [0, 0.05) is 24.3 Å². The van der Waals surface area contributed by atoms with Crippen LogP contribution in [0.5, 0.6) is 46.0 Å². The van der Waals surface area contributed by atoms with Gasteiger partial charge >= 0.3 is 0 Å². The van der Waals surface area contributed by atoms with E-state index in [1.165, 1.54) is 0 Å². The Hall–Kier alpha value is -4.12. The van der Waals surface area contributed by atoms with Crippen LogP contribution in [0.1, 0.15) is 13.8 Å². The smallest absolute Gasteiger partial charge is 0.131 e. The molecule has 0 aliphatic rings. The van der Waals surface area contributed by atoms with Crippen molar-refractivity contribution in [2.75, 3.05) is 13.2 Å². The van der Waals surface area contributed by atoms with Crippen LogP contribution in [0.3, 0.4) is 0 Å². The lowest BCUT2D eigenvalue weighted by atomic mass is 10.3. The molecular weight excluding hydrogens is 416 g/mol. The second-order valence-electron chi connectivity index (χ2n) is 7.07. The van der Waals surface area contributed by atoms with Gasteiger partial charge in [-0.2, -0.15) is 0 Å². The third-order valence-corrected chi connectivity index (χ3v) is 4.55. The minimum atomic E-state index is 0.605. The summed E-state index contributed by atoms with van der Waals surface area (Å²) < 4.78 is 29.1. The minimum Gasteiger partial charge on any atom is -0.494 e. The normalized spacial score (nSPS) is 10.4. The van der Waals surface area contributed by atoms with Gasteiger partial charge in [0.2, 0.25) is 0 Å². The first kappa shape index (κ1) is 22.1. The molecule has 168 valence electrons. The summed E-state index contributed by atoms with van der Waals surface area (Å²) in [5.74, 6) is 5.58. The van der Waals surface area contributed by atoms with Gasteiger partial charge in [0.25, 0.3) is 0 Å². The van der Waals surface area contributed by atoms with Crippen molar-refractivity contribution in [3.05, 3.63) is 97.1 Å². The molecule has 0 heterocycles. The molecule has 5 heteroatoms. The predicted octanol–water partition coefficient (Wildman–Crippen LogP) is 7.86. The molecule has 0 unspecified atom stereocenters. The van der Waals surface area contributed by atoms with Gasteiger partial charge in [-0.1, -0.05) is 24.3 Å². The van der Waals surface area contributed by atoms with Gasteiger partial charge < -0.3 is 23.7 Å². The lowest BCUT2D eigenvalue weighted by molar-refractivity contribution is 0.338. The summed E-state index contributed by atoms with van der Waals surface area (Å²) in [6.07, 6.45) is 0. The molecule has 0 fully saturated rings. The number of hydrogen-bond donors (Lipinski definition) is 0. The number of benzene rings is 4. The largest absolute Gasteiger partial charge is 0.494 e. The topological polar surface area (TPSA) is 46.2 Å². The Bertz CT molecular complexity index is 1100. The molecule has 0 aliphatic carbocycles. The summed E-state index contributed by atoms with van der Waals surface area (Å²) in [5.41, 5.74) is 0. The van der Waals surface area contributed by atoms with E-state index in [9.17, 15) is 0 Å². The molecule has 0 amide bonds. The van der Waals surface area contributed by atoms with E-state index in [4.69, 9.17) is 23.7 Å². The molecule has 0 spiro atoms. The monoisotopic (exact) mass is 442 g/mol. The van der Waals surface area contributed by atoms with Gasteiger partial charge in [0.15, 0.2) is 0 Å². The number of ether oxygens (including phenoxy) is 5. The van der Waals surface area contributed by atoms with E-state index < -0.39 is 0 Å². The molecule has 4 aromatic carbocycles. The Morgan fingerprint density at radius 1 is 0.394 bits per heavy atom. The van der Waals surface area contributed by atoms with E-state index in [1.807, 2.05) is 111 Å².